The highest BCUT2D eigenvalue weighted by Gasteiger charge is 2.93. The number of carbonyl (C=O) groups excluding carboxylic acids is 1. The monoisotopic (exact) mass is 322 g/mol. The average Bonchev–Trinajstić information content (AvgIpc) is 3.08. The Labute approximate surface area is 134 Å². The summed E-state index contributed by atoms with van der Waals surface area (Å²) >= 11 is 0. The lowest BCUT2D eigenvalue weighted by atomic mass is 9.53. The molecule has 8 atom stereocenters. The van der Waals surface area contributed by atoms with Crippen molar-refractivity contribution in [2.24, 2.45) is 11.3 Å². The van der Waals surface area contributed by atoms with E-state index in [1.54, 1.807) is 0 Å². The zero-order chi connectivity index (χ0) is 16.1. The Hall–Kier alpha value is -0.530. The second kappa shape index (κ2) is 3.15. The van der Waals surface area contributed by atoms with Crippen LogP contribution in [-0.2, 0) is 19.0 Å². The van der Waals surface area contributed by atoms with E-state index < -0.39 is 39.7 Å². The molecule has 4 saturated heterocycles. The van der Waals surface area contributed by atoms with Gasteiger partial charge in [-0.15, -0.1) is 0 Å². The normalized spacial score (nSPS) is 71.0. The van der Waals surface area contributed by atoms with Crippen LogP contribution >= 0.6 is 0 Å². The summed E-state index contributed by atoms with van der Waals surface area (Å²) in [4.78, 5) is 13.2. The lowest BCUT2D eigenvalue weighted by Gasteiger charge is -2.55. The molecule has 0 radical (unpaired) electrons. The highest BCUT2D eigenvalue weighted by atomic mass is 16.8. The van der Waals surface area contributed by atoms with Gasteiger partial charge >= 0.3 is 0 Å². The number of hydrogen-bond acceptors (Lipinski definition) is 6. The molecule has 3 aliphatic carbocycles. The van der Waals surface area contributed by atoms with Crippen molar-refractivity contribution in [1.82, 2.24) is 0 Å². The van der Waals surface area contributed by atoms with Gasteiger partial charge in [-0.3, -0.25) is 4.79 Å². The van der Waals surface area contributed by atoms with Crippen LogP contribution in [0.1, 0.15) is 46.0 Å². The summed E-state index contributed by atoms with van der Waals surface area (Å²) in [6.45, 7) is 3.90. The van der Waals surface area contributed by atoms with Crippen molar-refractivity contribution in [2.45, 2.75) is 80.2 Å². The minimum atomic E-state index is -1.36. The van der Waals surface area contributed by atoms with Gasteiger partial charge in [0.1, 0.15) is 17.3 Å². The lowest BCUT2D eigenvalue weighted by molar-refractivity contribution is -0.406. The Morgan fingerprint density at radius 1 is 1.17 bits per heavy atom. The number of hydrogen-bond donors (Lipinski definition) is 2. The van der Waals surface area contributed by atoms with E-state index in [0.29, 0.717) is 19.3 Å². The van der Waals surface area contributed by atoms with E-state index in [1.165, 1.54) is 0 Å². The smallest absolute Gasteiger partial charge is 0.214 e. The number of rotatable bonds is 0. The van der Waals surface area contributed by atoms with E-state index in [0.717, 1.165) is 6.42 Å². The largest absolute Gasteiger partial charge is 0.387 e. The number of ketones is 1. The Balaban J connectivity index is 1.66. The molecule has 126 valence electrons. The van der Waals surface area contributed by atoms with E-state index in [1.807, 2.05) is 13.8 Å². The molecule has 6 nitrogen and oxygen atoms in total. The molecular weight excluding hydrogens is 300 g/mol. The standard InChI is InChI=1S/C17H22O6/c1-12-6-14-7-16(10(12)3-4-13(16,2)19)23-17(14,22-12)15(20)5-9(11(14)18)21-8-15/h9-10,19-20H,3-8H2,1-2H3/t9-,10-,12-,13-,14+,15+,16+,17+/m0/s1. The molecule has 4 aliphatic heterocycles. The fourth-order valence-corrected chi connectivity index (χ4v) is 7.29. The number of Topliss-reactive ketones (excluding diaryl/α,β-unsaturated/α-hetero) is 1. The third kappa shape index (κ3) is 1.02. The van der Waals surface area contributed by atoms with E-state index in [2.05, 4.69) is 0 Å². The van der Waals surface area contributed by atoms with Crippen LogP contribution in [0.25, 0.3) is 0 Å². The van der Waals surface area contributed by atoms with Gasteiger partial charge in [0.25, 0.3) is 0 Å². The Morgan fingerprint density at radius 2 is 1.96 bits per heavy atom. The molecule has 0 aromatic carbocycles. The van der Waals surface area contributed by atoms with Gasteiger partial charge in [0.15, 0.2) is 5.78 Å². The summed E-state index contributed by atoms with van der Waals surface area (Å²) in [5.41, 5.74) is -4.53. The minimum absolute atomic E-state index is 0.00132. The third-order valence-electron chi connectivity index (χ3n) is 8.10. The molecule has 7 aliphatic rings. The maximum absolute atomic E-state index is 13.2. The van der Waals surface area contributed by atoms with Gasteiger partial charge in [0.2, 0.25) is 5.79 Å². The van der Waals surface area contributed by atoms with Gasteiger partial charge in [-0.1, -0.05) is 0 Å². The van der Waals surface area contributed by atoms with Crippen molar-refractivity contribution < 1.29 is 29.2 Å². The van der Waals surface area contributed by atoms with Crippen molar-refractivity contribution in [3.63, 3.8) is 0 Å². The van der Waals surface area contributed by atoms with Crippen LogP contribution in [0.15, 0.2) is 0 Å². The molecule has 6 bridgehead atoms. The van der Waals surface area contributed by atoms with Crippen molar-refractivity contribution in [2.75, 3.05) is 6.61 Å². The van der Waals surface area contributed by atoms with Crippen molar-refractivity contribution in [1.29, 1.82) is 0 Å². The molecule has 0 unspecified atom stereocenters. The van der Waals surface area contributed by atoms with Crippen molar-refractivity contribution in [3.05, 3.63) is 0 Å². The van der Waals surface area contributed by atoms with Gasteiger partial charge in [-0.25, -0.2) is 0 Å². The summed E-state index contributed by atoms with van der Waals surface area (Å²) in [5, 5.41) is 22.4. The molecule has 23 heavy (non-hydrogen) atoms. The molecule has 6 heteroatoms. The first kappa shape index (κ1) is 13.7. The van der Waals surface area contributed by atoms with E-state index in [9.17, 15) is 15.0 Å². The molecule has 0 aromatic rings. The van der Waals surface area contributed by atoms with Crippen LogP contribution in [0.5, 0.6) is 0 Å². The third-order valence-corrected chi connectivity index (χ3v) is 8.10. The van der Waals surface area contributed by atoms with Gasteiger partial charge < -0.3 is 24.4 Å². The molecule has 7 rings (SSSR count). The maximum Gasteiger partial charge on any atom is 0.214 e. The van der Waals surface area contributed by atoms with Crippen LogP contribution in [0.2, 0.25) is 0 Å². The number of aliphatic hydroxyl groups is 2. The molecule has 3 saturated carbocycles. The Morgan fingerprint density at radius 3 is 2.74 bits per heavy atom. The molecule has 4 heterocycles. The lowest BCUT2D eigenvalue weighted by Crippen LogP contribution is -2.70. The van der Waals surface area contributed by atoms with Crippen LogP contribution < -0.4 is 0 Å². The number of ether oxygens (including phenoxy) is 3. The van der Waals surface area contributed by atoms with E-state index in [4.69, 9.17) is 14.2 Å². The Kier molecular flexibility index (Phi) is 1.88. The fraction of sp³-hybridized carbons (Fsp3) is 0.941. The minimum Gasteiger partial charge on any atom is -0.387 e. The first-order chi connectivity index (χ1) is 10.6. The summed E-state index contributed by atoms with van der Waals surface area (Å²) < 4.78 is 18.5. The zero-order valence-electron chi connectivity index (χ0n) is 13.4. The number of fused-ring (bicyclic) bond motifs is 2. The first-order valence-corrected chi connectivity index (χ1v) is 8.65. The SMILES string of the molecule is C[C@]1(O)CC[C@H]2[C@]3(C)C[C@]45C[C@@]21O[C@@]4(O3)[C@]1(O)CO[C@@H](C1)C5=O. The second-order valence-electron chi connectivity index (χ2n) is 9.22. The van der Waals surface area contributed by atoms with Crippen LogP contribution in [0, 0.1) is 11.3 Å². The molecule has 3 spiro atoms. The van der Waals surface area contributed by atoms with E-state index in [-0.39, 0.29) is 24.7 Å². The quantitative estimate of drug-likeness (QED) is 0.666. The summed E-state index contributed by atoms with van der Waals surface area (Å²) in [6, 6.07) is 0. The maximum atomic E-state index is 13.2. The van der Waals surface area contributed by atoms with Gasteiger partial charge in [0.05, 0.1) is 23.2 Å². The van der Waals surface area contributed by atoms with E-state index >= 15 is 0 Å². The number of carbonyl (C=O) groups is 1. The van der Waals surface area contributed by atoms with Crippen LogP contribution in [0.4, 0.5) is 0 Å². The zero-order valence-corrected chi connectivity index (χ0v) is 13.4. The molecule has 0 aromatic heterocycles. The van der Waals surface area contributed by atoms with Gasteiger partial charge in [-0.05, 0) is 39.5 Å². The summed E-state index contributed by atoms with van der Waals surface area (Å²) in [6.07, 6.45) is 2.11. The first-order valence-electron chi connectivity index (χ1n) is 8.65. The Bertz CT molecular complexity index is 676. The second-order valence-corrected chi connectivity index (χ2v) is 9.22. The fourth-order valence-electron chi connectivity index (χ4n) is 7.29. The molecular formula is C17H22O6. The predicted molar refractivity (Wildman–Crippen MR) is 75.4 cm³/mol. The van der Waals surface area contributed by atoms with Gasteiger partial charge in [0, 0.05) is 12.3 Å². The average molecular weight is 322 g/mol. The highest BCUT2D eigenvalue weighted by molar-refractivity contribution is 5.93. The molecule has 2 N–H and O–H groups in total. The topological polar surface area (TPSA) is 85.2 Å². The van der Waals surface area contributed by atoms with Crippen LogP contribution in [-0.4, -0.2) is 56.9 Å². The van der Waals surface area contributed by atoms with Crippen molar-refractivity contribution >= 4 is 5.78 Å². The summed E-state index contributed by atoms with van der Waals surface area (Å²) in [7, 11) is 0. The van der Waals surface area contributed by atoms with Crippen LogP contribution in [0.3, 0.4) is 0 Å². The van der Waals surface area contributed by atoms with Gasteiger partial charge in [-0.2, -0.15) is 0 Å². The summed E-state index contributed by atoms with van der Waals surface area (Å²) in [5.74, 6) is -1.30. The highest BCUT2D eigenvalue weighted by Crippen LogP contribution is 2.80. The molecule has 7 fully saturated rings. The molecule has 0 amide bonds. The van der Waals surface area contributed by atoms with Crippen molar-refractivity contribution in [3.8, 4) is 0 Å². The predicted octanol–water partition coefficient (Wildman–Crippen LogP) is 0.284.